The fraction of sp³-hybridized carbons (Fsp3) is 0.613. The Morgan fingerprint density at radius 2 is 1.88 bits per heavy atom. The molecule has 0 saturated carbocycles. The van der Waals surface area contributed by atoms with E-state index in [4.69, 9.17) is 35.3 Å². The number of carbonyl (C=O) groups excluding carboxylic acids is 1. The topological polar surface area (TPSA) is 82.6 Å². The highest BCUT2D eigenvalue weighted by Gasteiger charge is 2.41. The van der Waals surface area contributed by atoms with Gasteiger partial charge in [-0.25, -0.2) is 4.98 Å². The Balaban J connectivity index is 1.39. The molecule has 4 rings (SSSR count). The van der Waals surface area contributed by atoms with E-state index in [1.54, 1.807) is 20.4 Å². The predicted molar refractivity (Wildman–Crippen MR) is 160 cm³/mol. The second-order valence-electron chi connectivity index (χ2n) is 10.9. The van der Waals surface area contributed by atoms with Crippen LogP contribution in [0.5, 0.6) is 11.6 Å². The second-order valence-corrected chi connectivity index (χ2v) is 11.3. The largest absolute Gasteiger partial charge is 0.490 e. The van der Waals surface area contributed by atoms with Gasteiger partial charge in [-0.3, -0.25) is 4.79 Å². The molecule has 41 heavy (non-hydrogen) atoms. The monoisotopic (exact) mass is 589 g/mol. The SMILES string of the molecule is CCOC(=O)C[C@H]1[C@H](C)[C@@H](OCCCOC)CN1c1ccc(O[C@@H]2CCN(c3cc(OC)ncc3Cl)C[C@@H]2C)cc1. The van der Waals surface area contributed by atoms with Crippen LogP contribution >= 0.6 is 11.6 Å². The van der Waals surface area contributed by atoms with E-state index >= 15 is 0 Å². The van der Waals surface area contributed by atoms with Crippen LogP contribution in [0, 0.1) is 11.8 Å². The van der Waals surface area contributed by atoms with Crippen LogP contribution in [0.2, 0.25) is 5.02 Å². The summed E-state index contributed by atoms with van der Waals surface area (Å²) in [5.74, 6) is 1.68. The van der Waals surface area contributed by atoms with Gasteiger partial charge in [0.15, 0.2) is 0 Å². The van der Waals surface area contributed by atoms with Gasteiger partial charge in [0, 0.05) is 76.0 Å². The first-order chi connectivity index (χ1) is 19.8. The number of rotatable bonds is 13. The Morgan fingerprint density at radius 3 is 2.56 bits per heavy atom. The number of hydrogen-bond acceptors (Lipinski definition) is 9. The molecule has 0 bridgehead atoms. The Bertz CT molecular complexity index is 1120. The summed E-state index contributed by atoms with van der Waals surface area (Å²) in [5, 5.41) is 0.619. The van der Waals surface area contributed by atoms with Gasteiger partial charge < -0.3 is 33.5 Å². The molecule has 2 saturated heterocycles. The first-order valence-corrected chi connectivity index (χ1v) is 15.0. The summed E-state index contributed by atoms with van der Waals surface area (Å²) in [5.41, 5.74) is 1.98. The van der Waals surface area contributed by atoms with Gasteiger partial charge in [0.2, 0.25) is 5.88 Å². The summed E-state index contributed by atoms with van der Waals surface area (Å²) in [4.78, 5) is 21.2. The summed E-state index contributed by atoms with van der Waals surface area (Å²) >= 11 is 6.44. The van der Waals surface area contributed by atoms with Crippen LogP contribution < -0.4 is 19.3 Å². The van der Waals surface area contributed by atoms with Gasteiger partial charge in [-0.1, -0.05) is 25.4 Å². The van der Waals surface area contributed by atoms with Crippen molar-refractivity contribution in [2.24, 2.45) is 11.8 Å². The molecule has 0 radical (unpaired) electrons. The maximum absolute atomic E-state index is 12.5. The van der Waals surface area contributed by atoms with E-state index < -0.39 is 0 Å². The van der Waals surface area contributed by atoms with Gasteiger partial charge in [-0.15, -0.1) is 0 Å². The average molecular weight is 590 g/mol. The van der Waals surface area contributed by atoms with Crippen LogP contribution in [0.4, 0.5) is 11.4 Å². The molecule has 9 nitrogen and oxygen atoms in total. The van der Waals surface area contributed by atoms with Gasteiger partial charge in [0.05, 0.1) is 43.1 Å². The number of aromatic nitrogens is 1. The number of pyridine rings is 1. The molecule has 5 atom stereocenters. The van der Waals surface area contributed by atoms with Gasteiger partial charge in [-0.2, -0.15) is 0 Å². The summed E-state index contributed by atoms with van der Waals surface area (Å²) in [6.45, 7) is 10.2. The number of methoxy groups -OCH3 is 2. The molecule has 2 aromatic rings. The first-order valence-electron chi connectivity index (χ1n) is 14.6. The van der Waals surface area contributed by atoms with E-state index in [9.17, 15) is 4.79 Å². The fourth-order valence-electron chi connectivity index (χ4n) is 5.83. The number of nitrogens with zero attached hydrogens (tertiary/aromatic N) is 3. The minimum Gasteiger partial charge on any atom is -0.490 e. The lowest BCUT2D eigenvalue weighted by Crippen LogP contribution is -2.44. The third kappa shape index (κ3) is 7.96. The average Bonchev–Trinajstić information content (AvgIpc) is 3.27. The molecule has 3 heterocycles. The number of piperidine rings is 1. The van der Waals surface area contributed by atoms with Crippen LogP contribution in [0.3, 0.4) is 0 Å². The zero-order valence-electron chi connectivity index (χ0n) is 24.9. The highest BCUT2D eigenvalue weighted by molar-refractivity contribution is 6.33. The molecule has 0 N–H and O–H groups in total. The van der Waals surface area contributed by atoms with Crippen LogP contribution in [0.1, 0.15) is 40.0 Å². The Hall–Kier alpha value is -2.75. The van der Waals surface area contributed by atoms with Gasteiger partial charge >= 0.3 is 5.97 Å². The van der Waals surface area contributed by atoms with Crippen molar-refractivity contribution in [3.63, 3.8) is 0 Å². The van der Waals surface area contributed by atoms with E-state index in [-0.39, 0.29) is 30.1 Å². The minimum atomic E-state index is -0.179. The summed E-state index contributed by atoms with van der Waals surface area (Å²) < 4.78 is 28.4. The first kappa shape index (κ1) is 31.2. The van der Waals surface area contributed by atoms with E-state index in [1.807, 2.05) is 25.1 Å². The molecular weight excluding hydrogens is 546 g/mol. The lowest BCUT2D eigenvalue weighted by Gasteiger charge is -2.38. The molecule has 0 amide bonds. The van der Waals surface area contributed by atoms with E-state index in [1.165, 1.54) is 0 Å². The zero-order chi connectivity index (χ0) is 29.4. The molecule has 2 fully saturated rings. The smallest absolute Gasteiger partial charge is 0.307 e. The quantitative estimate of drug-likeness (QED) is 0.230. The van der Waals surface area contributed by atoms with Crippen molar-refractivity contribution in [3.05, 3.63) is 41.6 Å². The molecule has 0 aliphatic carbocycles. The van der Waals surface area contributed by atoms with Crippen molar-refractivity contribution < 1.29 is 28.5 Å². The Labute approximate surface area is 249 Å². The van der Waals surface area contributed by atoms with Crippen molar-refractivity contribution in [1.82, 2.24) is 4.98 Å². The zero-order valence-corrected chi connectivity index (χ0v) is 25.6. The number of esters is 1. The van der Waals surface area contributed by atoms with Crippen molar-refractivity contribution in [2.45, 2.75) is 58.3 Å². The molecule has 2 aliphatic heterocycles. The number of benzene rings is 1. The molecule has 226 valence electrons. The van der Waals surface area contributed by atoms with Crippen molar-refractivity contribution >= 4 is 28.9 Å². The molecule has 10 heteroatoms. The van der Waals surface area contributed by atoms with Crippen molar-refractivity contribution in [2.75, 3.05) is 63.5 Å². The van der Waals surface area contributed by atoms with Crippen LogP contribution in [-0.4, -0.2) is 82.9 Å². The van der Waals surface area contributed by atoms with Gasteiger partial charge in [0.1, 0.15) is 11.9 Å². The van der Waals surface area contributed by atoms with Crippen LogP contribution in [-0.2, 0) is 19.0 Å². The molecule has 0 spiro atoms. The molecule has 1 aromatic heterocycles. The number of carbonyl (C=O) groups is 1. The number of anilines is 2. The molecule has 1 aromatic carbocycles. The van der Waals surface area contributed by atoms with Gasteiger partial charge in [0.25, 0.3) is 0 Å². The minimum absolute atomic E-state index is 0.00349. The number of halogens is 1. The number of ether oxygens (including phenoxy) is 5. The third-order valence-corrected chi connectivity index (χ3v) is 8.41. The maximum Gasteiger partial charge on any atom is 0.307 e. The maximum atomic E-state index is 12.5. The van der Waals surface area contributed by atoms with Crippen LogP contribution in [0.25, 0.3) is 0 Å². The Kier molecular flexibility index (Phi) is 11.4. The highest BCUT2D eigenvalue weighted by atomic mass is 35.5. The summed E-state index contributed by atoms with van der Waals surface area (Å²) in [7, 11) is 3.30. The predicted octanol–water partition coefficient (Wildman–Crippen LogP) is 5.24. The van der Waals surface area contributed by atoms with Gasteiger partial charge in [-0.05, 0) is 37.6 Å². The van der Waals surface area contributed by atoms with Crippen molar-refractivity contribution in [1.29, 1.82) is 0 Å². The van der Waals surface area contributed by atoms with E-state index in [0.717, 1.165) is 49.6 Å². The van der Waals surface area contributed by atoms with Crippen molar-refractivity contribution in [3.8, 4) is 11.6 Å². The fourth-order valence-corrected chi connectivity index (χ4v) is 6.05. The number of hydrogen-bond donors (Lipinski definition) is 0. The molecule has 0 unspecified atom stereocenters. The van der Waals surface area contributed by atoms with E-state index in [0.29, 0.717) is 43.1 Å². The summed E-state index contributed by atoms with van der Waals surface area (Å²) in [6.07, 6.45) is 3.80. The third-order valence-electron chi connectivity index (χ3n) is 8.12. The second kappa shape index (κ2) is 14.9. The lowest BCUT2D eigenvalue weighted by molar-refractivity contribution is -0.143. The molecular formula is C31H44ClN3O6. The van der Waals surface area contributed by atoms with Crippen LogP contribution in [0.15, 0.2) is 36.5 Å². The molecule has 2 aliphatic rings. The highest BCUT2D eigenvalue weighted by Crippen LogP contribution is 2.36. The lowest BCUT2D eigenvalue weighted by atomic mass is 9.96. The standard InChI is InChI=1S/C31H44ClN3O6/c1-6-39-31(36)17-26-22(3)29(40-15-7-14-37-4)20-35(26)23-8-10-24(11-9-23)41-28-12-13-34(19-21(28)2)27-16-30(38-5)33-18-25(27)32/h8-11,16,18,21-22,26,28-29H,6-7,12-15,17,19-20H2,1-5H3/t21-,22-,26-,28+,29-/m0/s1. The normalized spacial score (nSPS) is 24.4. The van der Waals surface area contributed by atoms with E-state index in [2.05, 4.69) is 40.8 Å². The summed E-state index contributed by atoms with van der Waals surface area (Å²) in [6, 6.07) is 10.1. The Morgan fingerprint density at radius 1 is 1.10 bits per heavy atom.